The minimum absolute atomic E-state index is 0.0301. The van der Waals surface area contributed by atoms with Gasteiger partial charge in [0.05, 0.1) is 5.92 Å². The molecule has 2 atom stereocenters. The lowest BCUT2D eigenvalue weighted by Gasteiger charge is -2.18. The van der Waals surface area contributed by atoms with Crippen LogP contribution < -0.4 is 9.64 Å². The minimum Gasteiger partial charge on any atom is -0.457 e. The van der Waals surface area contributed by atoms with Crippen LogP contribution in [0.1, 0.15) is 29.3 Å². The van der Waals surface area contributed by atoms with Crippen LogP contribution in [0.25, 0.3) is 0 Å². The van der Waals surface area contributed by atoms with E-state index in [-0.39, 0.29) is 24.7 Å². The van der Waals surface area contributed by atoms with Crippen molar-refractivity contribution >= 4 is 34.9 Å². The number of hydrogen-bond donors (Lipinski definition) is 0. The summed E-state index contributed by atoms with van der Waals surface area (Å²) in [6, 6.07) is 21.2. The predicted molar refractivity (Wildman–Crippen MR) is 129 cm³/mol. The van der Waals surface area contributed by atoms with Gasteiger partial charge >= 0.3 is 5.97 Å². The molecule has 1 heterocycles. The first kappa shape index (κ1) is 23.5. The van der Waals surface area contributed by atoms with E-state index >= 15 is 0 Å². The van der Waals surface area contributed by atoms with Gasteiger partial charge in [-0.1, -0.05) is 29.3 Å². The van der Waals surface area contributed by atoms with Crippen LogP contribution in [-0.2, 0) is 14.3 Å². The van der Waals surface area contributed by atoms with Gasteiger partial charge in [0.2, 0.25) is 11.7 Å². The number of benzene rings is 3. The number of carbonyl (C=O) groups excluding carboxylic acids is 3. The number of halogens is 1. The quantitative estimate of drug-likeness (QED) is 0.327. The largest absolute Gasteiger partial charge is 0.457 e. The lowest BCUT2D eigenvalue weighted by molar-refractivity contribution is -0.151. The smallest absolute Gasteiger partial charge is 0.312 e. The van der Waals surface area contributed by atoms with Gasteiger partial charge in [-0.25, -0.2) is 0 Å². The second-order valence-electron chi connectivity index (χ2n) is 8.26. The van der Waals surface area contributed by atoms with Crippen molar-refractivity contribution in [1.29, 1.82) is 0 Å². The van der Waals surface area contributed by atoms with E-state index in [4.69, 9.17) is 21.1 Å². The Kier molecular flexibility index (Phi) is 6.98. The van der Waals surface area contributed by atoms with Crippen molar-refractivity contribution in [2.75, 3.05) is 11.4 Å². The molecule has 0 N–H and O–H groups in total. The van der Waals surface area contributed by atoms with Crippen LogP contribution in [0.2, 0.25) is 5.02 Å². The molecule has 1 amide bonds. The van der Waals surface area contributed by atoms with Gasteiger partial charge in [-0.3, -0.25) is 14.4 Å². The Bertz CT molecular complexity index is 1190. The number of nitrogens with zero attached hydrogens (tertiary/aromatic N) is 1. The summed E-state index contributed by atoms with van der Waals surface area (Å²) in [5, 5.41) is 0.514. The Morgan fingerprint density at radius 1 is 0.941 bits per heavy atom. The van der Waals surface area contributed by atoms with Gasteiger partial charge in [-0.05, 0) is 74.5 Å². The lowest BCUT2D eigenvalue weighted by Crippen LogP contribution is -2.30. The standard InChI is InChI=1S/C27H24ClNO5/c1-17-3-11-23(12-4-17)34-24-13-9-22(10-14-24)29-16-20(15-25(29)30)27(32)33-18(2)26(31)19-5-7-21(28)8-6-19/h3-14,18,20H,15-16H2,1-2H3/t18-,20-/m0/s1. The van der Waals surface area contributed by atoms with E-state index in [0.29, 0.717) is 22.0 Å². The van der Waals surface area contributed by atoms with Crippen LogP contribution in [0.3, 0.4) is 0 Å². The van der Waals surface area contributed by atoms with Gasteiger partial charge in [0, 0.05) is 29.2 Å². The fourth-order valence-electron chi connectivity index (χ4n) is 3.72. The van der Waals surface area contributed by atoms with E-state index < -0.39 is 18.0 Å². The normalized spacial score (nSPS) is 16.3. The number of ketones is 1. The predicted octanol–water partition coefficient (Wildman–Crippen LogP) is 5.61. The molecule has 0 unspecified atom stereocenters. The van der Waals surface area contributed by atoms with Crippen molar-refractivity contribution in [3.05, 3.63) is 88.9 Å². The molecule has 0 aliphatic carbocycles. The van der Waals surface area contributed by atoms with Crippen molar-refractivity contribution in [2.24, 2.45) is 5.92 Å². The molecule has 0 saturated carbocycles. The molecule has 1 aliphatic rings. The average molecular weight is 478 g/mol. The highest BCUT2D eigenvalue weighted by Gasteiger charge is 2.37. The van der Waals surface area contributed by atoms with Crippen molar-refractivity contribution in [3.8, 4) is 11.5 Å². The highest BCUT2D eigenvalue weighted by molar-refractivity contribution is 6.30. The molecule has 0 spiro atoms. The van der Waals surface area contributed by atoms with Gasteiger partial charge in [-0.15, -0.1) is 0 Å². The summed E-state index contributed by atoms with van der Waals surface area (Å²) in [5.74, 6) is -0.340. The molecule has 34 heavy (non-hydrogen) atoms. The Balaban J connectivity index is 1.35. The van der Waals surface area contributed by atoms with Crippen LogP contribution in [-0.4, -0.2) is 30.3 Å². The van der Waals surface area contributed by atoms with Gasteiger partial charge in [0.15, 0.2) is 6.10 Å². The maximum absolute atomic E-state index is 12.7. The Morgan fingerprint density at radius 2 is 1.53 bits per heavy atom. The first-order valence-electron chi connectivity index (χ1n) is 11.0. The van der Waals surface area contributed by atoms with Crippen molar-refractivity contribution in [2.45, 2.75) is 26.4 Å². The highest BCUT2D eigenvalue weighted by Crippen LogP contribution is 2.29. The number of amides is 1. The molecule has 1 fully saturated rings. The van der Waals surface area contributed by atoms with Crippen LogP contribution >= 0.6 is 11.6 Å². The summed E-state index contributed by atoms with van der Waals surface area (Å²) >= 11 is 5.85. The van der Waals surface area contributed by atoms with E-state index in [1.54, 1.807) is 53.4 Å². The number of aryl methyl sites for hydroxylation is 1. The zero-order valence-corrected chi connectivity index (χ0v) is 19.6. The number of hydrogen-bond acceptors (Lipinski definition) is 5. The van der Waals surface area contributed by atoms with E-state index in [1.165, 1.54) is 6.92 Å². The molecule has 174 valence electrons. The topological polar surface area (TPSA) is 72.9 Å². The van der Waals surface area contributed by atoms with E-state index in [2.05, 4.69) is 0 Å². The molecule has 4 rings (SSSR count). The third-order valence-corrected chi connectivity index (χ3v) is 5.91. The van der Waals surface area contributed by atoms with Crippen LogP contribution in [0, 0.1) is 12.8 Å². The summed E-state index contributed by atoms with van der Waals surface area (Å²) < 4.78 is 11.2. The maximum atomic E-state index is 12.7. The fourth-order valence-corrected chi connectivity index (χ4v) is 3.85. The van der Waals surface area contributed by atoms with Crippen molar-refractivity contribution in [1.82, 2.24) is 0 Å². The SMILES string of the molecule is Cc1ccc(Oc2ccc(N3C[C@@H](C(=O)O[C@@H](C)C(=O)c4ccc(Cl)cc4)CC3=O)cc2)cc1. The third kappa shape index (κ3) is 5.46. The van der Waals surface area contributed by atoms with Gasteiger partial charge in [0.25, 0.3) is 0 Å². The molecule has 3 aromatic rings. The van der Waals surface area contributed by atoms with Gasteiger partial charge in [-0.2, -0.15) is 0 Å². The van der Waals surface area contributed by atoms with Crippen LogP contribution in [0.4, 0.5) is 5.69 Å². The minimum atomic E-state index is -0.962. The number of anilines is 1. The summed E-state index contributed by atoms with van der Waals surface area (Å²) in [7, 11) is 0. The highest BCUT2D eigenvalue weighted by atomic mass is 35.5. The number of ether oxygens (including phenoxy) is 2. The van der Waals surface area contributed by atoms with Crippen molar-refractivity contribution in [3.63, 3.8) is 0 Å². The number of esters is 1. The molecule has 7 heteroatoms. The van der Waals surface area contributed by atoms with E-state index in [9.17, 15) is 14.4 Å². The summed E-state index contributed by atoms with van der Waals surface area (Å²) in [6.45, 7) is 3.72. The fraction of sp³-hybridized carbons (Fsp3) is 0.222. The first-order valence-corrected chi connectivity index (χ1v) is 11.3. The first-order chi connectivity index (χ1) is 16.3. The Hall–Kier alpha value is -3.64. The molecular weight excluding hydrogens is 454 g/mol. The molecular formula is C27H24ClNO5. The summed E-state index contributed by atoms with van der Waals surface area (Å²) in [6.07, 6.45) is -0.932. The van der Waals surface area contributed by atoms with E-state index in [0.717, 1.165) is 11.3 Å². The molecule has 3 aromatic carbocycles. The third-order valence-electron chi connectivity index (χ3n) is 5.65. The number of carbonyl (C=O) groups is 3. The molecule has 0 radical (unpaired) electrons. The van der Waals surface area contributed by atoms with Gasteiger partial charge in [0.1, 0.15) is 11.5 Å². The average Bonchev–Trinajstić information content (AvgIpc) is 3.23. The summed E-state index contributed by atoms with van der Waals surface area (Å²) in [5.41, 5.74) is 2.22. The second kappa shape index (κ2) is 10.1. The second-order valence-corrected chi connectivity index (χ2v) is 8.70. The number of rotatable bonds is 7. The van der Waals surface area contributed by atoms with Crippen LogP contribution in [0.15, 0.2) is 72.8 Å². The van der Waals surface area contributed by atoms with E-state index in [1.807, 2.05) is 31.2 Å². The Labute approximate surface area is 203 Å². The molecule has 1 saturated heterocycles. The monoisotopic (exact) mass is 477 g/mol. The van der Waals surface area contributed by atoms with Crippen molar-refractivity contribution < 1.29 is 23.9 Å². The zero-order chi connectivity index (χ0) is 24.2. The maximum Gasteiger partial charge on any atom is 0.312 e. The summed E-state index contributed by atoms with van der Waals surface area (Å²) in [4.78, 5) is 39.3. The van der Waals surface area contributed by atoms with Gasteiger partial charge < -0.3 is 14.4 Å². The Morgan fingerprint density at radius 3 is 2.15 bits per heavy atom. The lowest BCUT2D eigenvalue weighted by atomic mass is 10.1. The molecule has 6 nitrogen and oxygen atoms in total. The van der Waals surface area contributed by atoms with Crippen LogP contribution in [0.5, 0.6) is 11.5 Å². The zero-order valence-electron chi connectivity index (χ0n) is 18.9. The number of Topliss-reactive ketones (excluding diaryl/α,β-unsaturated/α-hetero) is 1. The molecule has 0 aromatic heterocycles. The molecule has 0 bridgehead atoms. The molecule has 1 aliphatic heterocycles.